The van der Waals surface area contributed by atoms with Crippen molar-refractivity contribution in [2.75, 3.05) is 13.1 Å². The zero-order valence-electron chi connectivity index (χ0n) is 18.3. The highest BCUT2D eigenvalue weighted by atomic mass is 32.2. The molecule has 0 spiro atoms. The second-order valence-corrected chi connectivity index (χ2v) is 10.2. The summed E-state index contributed by atoms with van der Waals surface area (Å²) in [6.45, 7) is 0.875. The molecule has 170 valence electrons. The number of imide groups is 1. The van der Waals surface area contributed by atoms with Crippen LogP contribution in [0.25, 0.3) is 6.08 Å². The molecule has 0 atom stereocenters. The van der Waals surface area contributed by atoms with E-state index in [1.54, 1.807) is 22.7 Å². The van der Waals surface area contributed by atoms with Gasteiger partial charge in [0.25, 0.3) is 11.1 Å². The topological polar surface area (TPSA) is 57.7 Å². The molecule has 3 aromatic carbocycles. The fourth-order valence-corrected chi connectivity index (χ4v) is 5.66. The quantitative estimate of drug-likeness (QED) is 0.448. The fourth-order valence-electron chi connectivity index (χ4n) is 3.99. The summed E-state index contributed by atoms with van der Waals surface area (Å²) in [5.41, 5.74) is 3.20. The van der Waals surface area contributed by atoms with Crippen LogP contribution in [-0.2, 0) is 22.6 Å². The van der Waals surface area contributed by atoms with Crippen LogP contribution >= 0.6 is 23.5 Å². The number of amides is 3. The molecule has 3 aromatic rings. The molecule has 0 radical (unpaired) electrons. The summed E-state index contributed by atoms with van der Waals surface area (Å²) in [6, 6.07) is 26.0. The molecule has 0 unspecified atom stereocenters. The van der Waals surface area contributed by atoms with Crippen molar-refractivity contribution < 1.29 is 14.4 Å². The van der Waals surface area contributed by atoms with Crippen LogP contribution in [0.15, 0.2) is 93.6 Å². The van der Waals surface area contributed by atoms with Crippen molar-refractivity contribution in [3.8, 4) is 0 Å². The fraction of sp³-hybridized carbons (Fsp3) is 0.148. The van der Waals surface area contributed by atoms with Crippen LogP contribution in [-0.4, -0.2) is 39.9 Å². The minimum absolute atomic E-state index is 0.208. The number of carbonyl (C=O) groups is 3. The van der Waals surface area contributed by atoms with E-state index in [4.69, 9.17) is 0 Å². The summed E-state index contributed by atoms with van der Waals surface area (Å²) < 4.78 is 0. The number of carbonyl (C=O) groups excluding carboxylic acids is 3. The van der Waals surface area contributed by atoms with Gasteiger partial charge in [0, 0.05) is 22.9 Å². The number of hydrogen-bond donors (Lipinski definition) is 0. The molecule has 1 saturated heterocycles. The summed E-state index contributed by atoms with van der Waals surface area (Å²) in [4.78, 5) is 43.6. The normalized spacial score (nSPS) is 16.8. The zero-order valence-corrected chi connectivity index (χ0v) is 20.0. The molecule has 0 saturated carbocycles. The van der Waals surface area contributed by atoms with Crippen LogP contribution in [0, 0.1) is 0 Å². The van der Waals surface area contributed by atoms with Crippen molar-refractivity contribution in [2.24, 2.45) is 0 Å². The highest BCUT2D eigenvalue weighted by Crippen LogP contribution is 2.33. The van der Waals surface area contributed by atoms with Crippen molar-refractivity contribution in [1.82, 2.24) is 9.80 Å². The molecule has 5 nitrogen and oxygen atoms in total. The smallest absolute Gasteiger partial charge is 0.294 e. The Morgan fingerprint density at radius 3 is 2.32 bits per heavy atom. The minimum Gasteiger partial charge on any atom is -0.336 e. The van der Waals surface area contributed by atoms with E-state index in [0.717, 1.165) is 44.0 Å². The summed E-state index contributed by atoms with van der Waals surface area (Å²) in [5, 5.41) is -0.404. The van der Waals surface area contributed by atoms with Gasteiger partial charge >= 0.3 is 0 Å². The van der Waals surface area contributed by atoms with E-state index in [0.29, 0.717) is 18.0 Å². The first-order chi connectivity index (χ1) is 16.6. The lowest BCUT2D eigenvalue weighted by molar-refractivity contribution is -0.136. The molecule has 2 aliphatic heterocycles. The molecular weight excluding hydrogens is 464 g/mol. The summed E-state index contributed by atoms with van der Waals surface area (Å²) in [7, 11) is 0. The molecule has 0 N–H and O–H groups in total. The highest BCUT2D eigenvalue weighted by molar-refractivity contribution is 8.18. The number of benzene rings is 3. The standard InChI is InChI=1S/C27H22N2O3S2/c30-25(28-15-14-20-6-4-5-7-21(20)17-28)18-29-26(31)24(34-27(29)32)16-19-10-12-23(13-11-19)33-22-8-2-1-3-9-22/h1-13,16H,14-15,17-18H2/b24-16-. The number of rotatable bonds is 5. The number of hydrogen-bond acceptors (Lipinski definition) is 5. The number of nitrogens with zero attached hydrogens (tertiary/aromatic N) is 2. The number of thioether (sulfide) groups is 1. The highest BCUT2D eigenvalue weighted by Gasteiger charge is 2.37. The Labute approximate surface area is 206 Å². The largest absolute Gasteiger partial charge is 0.336 e. The van der Waals surface area contributed by atoms with Gasteiger partial charge < -0.3 is 4.90 Å². The van der Waals surface area contributed by atoms with Crippen LogP contribution in [0.4, 0.5) is 4.79 Å². The Hall–Kier alpha value is -3.29. The van der Waals surface area contributed by atoms with Crippen LogP contribution in [0.2, 0.25) is 0 Å². The maximum Gasteiger partial charge on any atom is 0.294 e. The van der Waals surface area contributed by atoms with E-state index in [-0.39, 0.29) is 12.5 Å². The van der Waals surface area contributed by atoms with Crippen LogP contribution < -0.4 is 0 Å². The molecule has 0 aliphatic carbocycles. The molecule has 3 amide bonds. The molecule has 1 fully saturated rings. The maximum atomic E-state index is 12.9. The average Bonchev–Trinajstić information content (AvgIpc) is 3.12. The lowest BCUT2D eigenvalue weighted by Crippen LogP contribution is -2.44. The van der Waals surface area contributed by atoms with E-state index in [2.05, 4.69) is 18.2 Å². The zero-order chi connectivity index (χ0) is 23.5. The van der Waals surface area contributed by atoms with E-state index in [1.165, 1.54) is 5.56 Å². The van der Waals surface area contributed by atoms with Crippen molar-refractivity contribution in [3.05, 3.63) is 100 Å². The third-order valence-electron chi connectivity index (χ3n) is 5.81. The van der Waals surface area contributed by atoms with Gasteiger partial charge in [0.2, 0.25) is 5.91 Å². The molecule has 7 heteroatoms. The van der Waals surface area contributed by atoms with Gasteiger partial charge in [-0.3, -0.25) is 19.3 Å². The van der Waals surface area contributed by atoms with Gasteiger partial charge in [-0.2, -0.15) is 0 Å². The first-order valence-corrected chi connectivity index (χ1v) is 12.6. The SMILES string of the molecule is O=C(CN1C(=O)S/C(=C\c2ccc(Sc3ccccc3)cc2)C1=O)N1CCc2ccccc2C1. The maximum absolute atomic E-state index is 12.9. The predicted molar refractivity (Wildman–Crippen MR) is 135 cm³/mol. The van der Waals surface area contributed by atoms with E-state index >= 15 is 0 Å². The first kappa shape index (κ1) is 22.5. The summed E-state index contributed by atoms with van der Waals surface area (Å²) >= 11 is 2.54. The molecule has 0 aromatic heterocycles. The predicted octanol–water partition coefficient (Wildman–Crippen LogP) is 5.46. The molecule has 5 rings (SSSR count). The second-order valence-electron chi connectivity index (χ2n) is 8.09. The Morgan fingerprint density at radius 2 is 1.56 bits per heavy atom. The van der Waals surface area contributed by atoms with Gasteiger partial charge in [-0.1, -0.05) is 66.4 Å². The van der Waals surface area contributed by atoms with Crippen molar-refractivity contribution in [1.29, 1.82) is 0 Å². The van der Waals surface area contributed by atoms with E-state index < -0.39 is 11.1 Å². The average molecular weight is 487 g/mol. The minimum atomic E-state index is -0.413. The van der Waals surface area contributed by atoms with Gasteiger partial charge in [-0.15, -0.1) is 0 Å². The first-order valence-electron chi connectivity index (χ1n) is 11.0. The van der Waals surface area contributed by atoms with Gasteiger partial charge in [0.05, 0.1) is 4.91 Å². The Bertz CT molecular complexity index is 1270. The third kappa shape index (κ3) is 4.95. The van der Waals surface area contributed by atoms with Crippen molar-refractivity contribution >= 4 is 46.7 Å². The molecule has 2 aliphatic rings. The molecular formula is C27H22N2O3S2. The Morgan fingerprint density at radius 1 is 0.882 bits per heavy atom. The summed E-state index contributed by atoms with van der Waals surface area (Å²) in [5.74, 6) is -0.621. The van der Waals surface area contributed by atoms with Gasteiger partial charge in [0.15, 0.2) is 0 Å². The molecule has 0 bridgehead atoms. The van der Waals surface area contributed by atoms with Crippen molar-refractivity contribution in [2.45, 2.75) is 22.8 Å². The van der Waals surface area contributed by atoms with E-state index in [9.17, 15) is 14.4 Å². The summed E-state index contributed by atoms with van der Waals surface area (Å²) in [6.07, 6.45) is 2.49. The lowest BCUT2D eigenvalue weighted by Gasteiger charge is -2.29. The Kier molecular flexibility index (Phi) is 6.56. The van der Waals surface area contributed by atoms with Crippen molar-refractivity contribution in [3.63, 3.8) is 0 Å². The van der Waals surface area contributed by atoms with Gasteiger partial charge in [-0.05, 0) is 65.2 Å². The van der Waals surface area contributed by atoms with Gasteiger partial charge in [0.1, 0.15) is 6.54 Å². The Balaban J connectivity index is 1.23. The van der Waals surface area contributed by atoms with Gasteiger partial charge in [-0.25, -0.2) is 0 Å². The van der Waals surface area contributed by atoms with Crippen LogP contribution in [0.5, 0.6) is 0 Å². The monoisotopic (exact) mass is 486 g/mol. The van der Waals surface area contributed by atoms with Crippen LogP contribution in [0.3, 0.4) is 0 Å². The van der Waals surface area contributed by atoms with E-state index in [1.807, 2.05) is 60.7 Å². The number of fused-ring (bicyclic) bond motifs is 1. The second kappa shape index (κ2) is 9.91. The molecule has 34 heavy (non-hydrogen) atoms. The van der Waals surface area contributed by atoms with Crippen LogP contribution in [0.1, 0.15) is 16.7 Å². The molecule has 2 heterocycles. The third-order valence-corrected chi connectivity index (χ3v) is 7.73. The lowest BCUT2D eigenvalue weighted by atomic mass is 10.00.